The van der Waals surface area contributed by atoms with E-state index in [1.807, 2.05) is 31.2 Å². The maximum Gasteiger partial charge on any atom is 0.329 e. The molecular formula is C24H22N2O5S. The summed E-state index contributed by atoms with van der Waals surface area (Å²) in [6.45, 7) is 1.88. The van der Waals surface area contributed by atoms with Gasteiger partial charge in [-0.3, -0.25) is 19.3 Å². The summed E-state index contributed by atoms with van der Waals surface area (Å²) in [5.74, 6) is -0.876. The van der Waals surface area contributed by atoms with Gasteiger partial charge in [0.05, 0.1) is 17.7 Å². The number of fused-ring (bicyclic) bond motifs is 2. The Balaban J connectivity index is 1.26. The zero-order valence-corrected chi connectivity index (χ0v) is 18.4. The van der Waals surface area contributed by atoms with Gasteiger partial charge in [0, 0.05) is 12.2 Å². The lowest BCUT2D eigenvalue weighted by Gasteiger charge is -2.33. The van der Waals surface area contributed by atoms with Gasteiger partial charge in [0.15, 0.2) is 0 Å². The van der Waals surface area contributed by atoms with E-state index in [1.54, 1.807) is 40.9 Å². The Kier molecular flexibility index (Phi) is 5.04. The molecule has 3 amide bonds. The van der Waals surface area contributed by atoms with Crippen LogP contribution in [0.5, 0.6) is 0 Å². The van der Waals surface area contributed by atoms with Gasteiger partial charge in [-0.15, -0.1) is 11.8 Å². The number of hydrogen-bond acceptors (Lipinski definition) is 6. The minimum atomic E-state index is -0.682. The van der Waals surface area contributed by atoms with Gasteiger partial charge in [-0.1, -0.05) is 42.0 Å². The molecule has 0 spiro atoms. The molecule has 5 rings (SSSR count). The average Bonchev–Trinajstić information content (AvgIpc) is 3.42. The zero-order valence-electron chi connectivity index (χ0n) is 17.6. The summed E-state index contributed by atoms with van der Waals surface area (Å²) in [6, 6.07) is 14.0. The number of hydrogen-bond donors (Lipinski definition) is 0. The van der Waals surface area contributed by atoms with Gasteiger partial charge >= 0.3 is 5.97 Å². The van der Waals surface area contributed by atoms with E-state index in [0.29, 0.717) is 29.7 Å². The van der Waals surface area contributed by atoms with E-state index in [4.69, 9.17) is 4.74 Å². The van der Waals surface area contributed by atoms with Crippen LogP contribution in [0.3, 0.4) is 0 Å². The lowest BCUT2D eigenvalue weighted by Crippen LogP contribution is -2.47. The lowest BCUT2D eigenvalue weighted by molar-refractivity contribution is -0.154. The molecule has 7 nitrogen and oxygen atoms in total. The van der Waals surface area contributed by atoms with Crippen LogP contribution in [0.1, 0.15) is 44.7 Å². The van der Waals surface area contributed by atoms with Gasteiger partial charge < -0.3 is 9.64 Å². The van der Waals surface area contributed by atoms with Crippen molar-refractivity contribution in [2.24, 2.45) is 0 Å². The number of ether oxygens (including phenoxy) is 1. The van der Waals surface area contributed by atoms with Crippen molar-refractivity contribution in [1.29, 1.82) is 0 Å². The summed E-state index contributed by atoms with van der Waals surface area (Å²) in [4.78, 5) is 52.8. The monoisotopic (exact) mass is 450 g/mol. The van der Waals surface area contributed by atoms with Crippen molar-refractivity contribution in [3.63, 3.8) is 0 Å². The van der Waals surface area contributed by atoms with E-state index in [-0.39, 0.29) is 30.9 Å². The third kappa shape index (κ3) is 3.12. The van der Waals surface area contributed by atoms with Crippen molar-refractivity contribution in [3.8, 4) is 0 Å². The SMILES string of the molecule is Cc1ccc([C@]23CCC(=O)N2[C@@H](C(=O)OCCN2C(=O)c4ccccc4C2=O)CS3)cc1. The van der Waals surface area contributed by atoms with Gasteiger partial charge in [0.1, 0.15) is 17.5 Å². The van der Waals surface area contributed by atoms with Gasteiger partial charge in [-0.05, 0) is 31.0 Å². The van der Waals surface area contributed by atoms with E-state index >= 15 is 0 Å². The van der Waals surface area contributed by atoms with Crippen molar-refractivity contribution in [2.75, 3.05) is 18.9 Å². The first-order valence-corrected chi connectivity index (χ1v) is 11.6. The predicted molar refractivity (Wildman–Crippen MR) is 118 cm³/mol. The Hall–Kier alpha value is -3.13. The maximum absolute atomic E-state index is 12.9. The molecular weight excluding hydrogens is 428 g/mol. The number of carbonyl (C=O) groups excluding carboxylic acids is 4. The molecule has 2 aromatic rings. The van der Waals surface area contributed by atoms with Crippen molar-refractivity contribution in [1.82, 2.24) is 9.80 Å². The van der Waals surface area contributed by atoms with E-state index in [2.05, 4.69) is 0 Å². The molecule has 8 heteroatoms. The highest BCUT2D eigenvalue weighted by molar-refractivity contribution is 8.00. The number of benzene rings is 2. The minimum Gasteiger partial charge on any atom is -0.462 e. The smallest absolute Gasteiger partial charge is 0.329 e. The molecule has 0 bridgehead atoms. The normalized spacial score (nSPS) is 24.2. The van der Waals surface area contributed by atoms with Gasteiger partial charge in [0.2, 0.25) is 5.91 Å². The zero-order chi connectivity index (χ0) is 22.5. The Morgan fingerprint density at radius 1 is 1.06 bits per heavy atom. The summed E-state index contributed by atoms with van der Waals surface area (Å²) in [7, 11) is 0. The summed E-state index contributed by atoms with van der Waals surface area (Å²) in [6.07, 6.45) is 1.04. The highest BCUT2D eigenvalue weighted by Gasteiger charge is 2.57. The molecule has 0 N–H and O–H groups in total. The molecule has 3 aliphatic rings. The molecule has 3 aliphatic heterocycles. The summed E-state index contributed by atoms with van der Waals surface area (Å²) < 4.78 is 5.45. The summed E-state index contributed by atoms with van der Waals surface area (Å²) in [5.41, 5.74) is 2.87. The Morgan fingerprint density at radius 2 is 1.72 bits per heavy atom. The van der Waals surface area contributed by atoms with Crippen LogP contribution < -0.4 is 0 Å². The molecule has 0 unspecified atom stereocenters. The van der Waals surface area contributed by atoms with E-state index in [9.17, 15) is 19.2 Å². The topological polar surface area (TPSA) is 84.0 Å². The van der Waals surface area contributed by atoms with Gasteiger partial charge in [-0.2, -0.15) is 0 Å². The first-order chi connectivity index (χ1) is 15.4. The van der Waals surface area contributed by atoms with Crippen LogP contribution in [0.2, 0.25) is 0 Å². The van der Waals surface area contributed by atoms with Crippen molar-refractivity contribution < 1.29 is 23.9 Å². The second-order valence-electron chi connectivity index (χ2n) is 8.22. The van der Waals surface area contributed by atoms with Crippen LogP contribution in [0.25, 0.3) is 0 Å². The van der Waals surface area contributed by atoms with E-state index in [1.165, 1.54) is 0 Å². The Morgan fingerprint density at radius 3 is 2.38 bits per heavy atom. The standard InChI is InChI=1S/C24H22N2O5S/c1-15-6-8-16(9-7-15)24-11-10-20(27)26(24)19(14-32-24)23(30)31-13-12-25-21(28)17-4-2-3-5-18(17)22(25)29/h2-9,19H,10-14H2,1H3/t19-,24-/m1/s1. The van der Waals surface area contributed by atoms with Crippen molar-refractivity contribution in [2.45, 2.75) is 30.7 Å². The molecule has 2 aromatic carbocycles. The van der Waals surface area contributed by atoms with Gasteiger partial charge in [0.25, 0.3) is 11.8 Å². The molecule has 2 fully saturated rings. The average molecular weight is 451 g/mol. The molecule has 3 heterocycles. The number of thioether (sulfide) groups is 1. The molecule has 0 aliphatic carbocycles. The molecule has 0 radical (unpaired) electrons. The second-order valence-corrected chi connectivity index (χ2v) is 9.51. The number of carbonyl (C=O) groups is 4. The molecule has 2 saturated heterocycles. The van der Waals surface area contributed by atoms with Crippen LogP contribution in [0.4, 0.5) is 0 Å². The molecule has 164 valence electrons. The second kappa shape index (κ2) is 7.78. The highest BCUT2D eigenvalue weighted by atomic mass is 32.2. The minimum absolute atomic E-state index is 0.0188. The number of nitrogens with zero attached hydrogens (tertiary/aromatic N) is 2. The number of amides is 3. The van der Waals surface area contributed by atoms with E-state index in [0.717, 1.165) is 16.0 Å². The quantitative estimate of drug-likeness (QED) is 0.515. The maximum atomic E-state index is 12.9. The molecule has 0 saturated carbocycles. The fourth-order valence-corrected chi connectivity index (χ4v) is 6.34. The Bertz CT molecular complexity index is 1100. The van der Waals surface area contributed by atoms with Gasteiger partial charge in [-0.25, -0.2) is 4.79 Å². The largest absolute Gasteiger partial charge is 0.462 e. The first-order valence-electron chi connectivity index (χ1n) is 10.6. The van der Waals surface area contributed by atoms with Crippen LogP contribution in [0.15, 0.2) is 48.5 Å². The molecule has 0 aromatic heterocycles. The Labute approximate surface area is 189 Å². The number of rotatable bonds is 5. The fourth-order valence-electron chi connectivity index (χ4n) is 4.71. The van der Waals surface area contributed by atoms with Crippen molar-refractivity contribution >= 4 is 35.5 Å². The number of imide groups is 1. The highest BCUT2D eigenvalue weighted by Crippen LogP contribution is 2.54. The van der Waals surface area contributed by atoms with Crippen molar-refractivity contribution in [3.05, 3.63) is 70.8 Å². The summed E-state index contributed by atoms with van der Waals surface area (Å²) in [5, 5.41) is 0. The molecule has 32 heavy (non-hydrogen) atoms. The van der Waals surface area contributed by atoms with Crippen LogP contribution in [0, 0.1) is 6.92 Å². The third-order valence-electron chi connectivity index (χ3n) is 6.34. The van der Waals surface area contributed by atoms with Crippen LogP contribution in [-0.2, 0) is 19.2 Å². The first kappa shape index (κ1) is 20.8. The predicted octanol–water partition coefficient (Wildman–Crippen LogP) is 2.73. The number of aryl methyl sites for hydroxylation is 1. The fraction of sp³-hybridized carbons (Fsp3) is 0.333. The summed E-state index contributed by atoms with van der Waals surface area (Å²) >= 11 is 1.60. The number of esters is 1. The van der Waals surface area contributed by atoms with Crippen LogP contribution in [-0.4, -0.2) is 58.4 Å². The third-order valence-corrected chi connectivity index (χ3v) is 7.94. The lowest BCUT2D eigenvalue weighted by atomic mass is 10.0. The van der Waals surface area contributed by atoms with E-state index < -0.39 is 16.9 Å². The van der Waals surface area contributed by atoms with Crippen LogP contribution >= 0.6 is 11.8 Å². The molecule has 2 atom stereocenters.